The highest BCUT2D eigenvalue weighted by Gasteiger charge is 2.33. The summed E-state index contributed by atoms with van der Waals surface area (Å²) in [6.07, 6.45) is 2.49. The molecule has 4 aromatic rings. The molecule has 9 heteroatoms. The van der Waals surface area contributed by atoms with Crippen LogP contribution in [0.5, 0.6) is 5.75 Å². The topological polar surface area (TPSA) is 116 Å². The zero-order chi connectivity index (χ0) is 25.7. The fourth-order valence-corrected chi connectivity index (χ4v) is 3.78. The number of anilines is 1. The van der Waals surface area contributed by atoms with Crippen molar-refractivity contribution in [2.75, 3.05) is 11.5 Å². The Morgan fingerprint density at radius 3 is 2.53 bits per heavy atom. The number of aliphatic hydroxyl groups excluding tert-OH is 1. The van der Waals surface area contributed by atoms with Crippen LogP contribution < -0.4 is 10.3 Å². The van der Waals surface area contributed by atoms with Crippen molar-refractivity contribution in [1.29, 1.82) is 0 Å². The minimum atomic E-state index is -0.317. The first-order chi connectivity index (χ1) is 17.4. The molecule has 1 aliphatic heterocycles. The van der Waals surface area contributed by atoms with Gasteiger partial charge in [-0.3, -0.25) is 9.59 Å². The summed E-state index contributed by atoms with van der Waals surface area (Å²) in [5.41, 5.74) is 2.63. The van der Waals surface area contributed by atoms with Gasteiger partial charge >= 0.3 is 0 Å². The number of hydrogen-bond acceptors (Lipinski definition) is 7. The van der Waals surface area contributed by atoms with E-state index in [2.05, 4.69) is 10.2 Å². The van der Waals surface area contributed by atoms with E-state index in [1.54, 1.807) is 30.0 Å². The van der Waals surface area contributed by atoms with Gasteiger partial charge in [-0.05, 0) is 42.8 Å². The zero-order valence-electron chi connectivity index (χ0n) is 19.3. The molecule has 3 aromatic carbocycles. The van der Waals surface area contributed by atoms with E-state index in [0.717, 1.165) is 11.3 Å². The second kappa shape index (κ2) is 11.0. The van der Waals surface area contributed by atoms with Gasteiger partial charge in [-0.25, -0.2) is 0 Å². The maximum atomic E-state index is 13.1. The van der Waals surface area contributed by atoms with Crippen LogP contribution in [0, 0.1) is 0 Å². The van der Waals surface area contributed by atoms with Crippen LogP contribution in [0.2, 0.25) is 5.02 Å². The molecule has 0 fully saturated rings. The predicted molar refractivity (Wildman–Crippen MR) is 140 cm³/mol. The molecule has 182 valence electrons. The Hall–Kier alpha value is -4.27. The fraction of sp³-hybridized carbons (Fsp3) is 0.111. The Morgan fingerprint density at radius 2 is 1.78 bits per heavy atom. The number of amides is 1. The SMILES string of the molecule is CCO.O=C1/C(=N\N=C\c2coc3cc(O)ccc3c2=O)c2ccccc2N1Cc1ccc(Cl)cc1. The Morgan fingerprint density at radius 1 is 1.06 bits per heavy atom. The summed E-state index contributed by atoms with van der Waals surface area (Å²) in [7, 11) is 0. The lowest BCUT2D eigenvalue weighted by atomic mass is 10.1. The van der Waals surface area contributed by atoms with Crippen molar-refractivity contribution in [2.45, 2.75) is 13.5 Å². The van der Waals surface area contributed by atoms with Gasteiger partial charge in [0.05, 0.1) is 29.4 Å². The molecule has 2 N–H and O–H groups in total. The monoisotopic (exact) mass is 503 g/mol. The molecule has 8 nitrogen and oxygen atoms in total. The third-order valence-electron chi connectivity index (χ3n) is 5.29. The van der Waals surface area contributed by atoms with Crippen molar-refractivity contribution >= 4 is 46.1 Å². The van der Waals surface area contributed by atoms with Gasteiger partial charge in [-0.15, -0.1) is 5.10 Å². The van der Waals surface area contributed by atoms with Crippen LogP contribution in [0.15, 0.2) is 92.4 Å². The average Bonchev–Trinajstić information content (AvgIpc) is 3.13. The van der Waals surface area contributed by atoms with E-state index >= 15 is 0 Å². The van der Waals surface area contributed by atoms with E-state index in [-0.39, 0.29) is 40.6 Å². The smallest absolute Gasteiger partial charge is 0.279 e. The molecule has 0 unspecified atom stereocenters. The van der Waals surface area contributed by atoms with Gasteiger partial charge in [-0.2, -0.15) is 5.10 Å². The first-order valence-electron chi connectivity index (χ1n) is 11.0. The van der Waals surface area contributed by atoms with E-state index < -0.39 is 0 Å². The van der Waals surface area contributed by atoms with Crippen LogP contribution in [0.4, 0.5) is 5.69 Å². The summed E-state index contributed by atoms with van der Waals surface area (Å²) < 4.78 is 5.41. The van der Waals surface area contributed by atoms with Crippen molar-refractivity contribution in [1.82, 2.24) is 0 Å². The summed E-state index contributed by atoms with van der Waals surface area (Å²) in [6, 6.07) is 18.9. The van der Waals surface area contributed by atoms with Crippen LogP contribution in [-0.4, -0.2) is 34.7 Å². The quantitative estimate of drug-likeness (QED) is 0.314. The molecular weight excluding hydrogens is 482 g/mol. The maximum Gasteiger partial charge on any atom is 0.279 e. The van der Waals surface area contributed by atoms with Gasteiger partial charge in [0.15, 0.2) is 5.71 Å². The van der Waals surface area contributed by atoms with Crippen LogP contribution in [0.1, 0.15) is 23.6 Å². The molecule has 1 aromatic heterocycles. The standard InChI is InChI=1S/C25H16ClN3O4.C2H6O/c26-17-7-5-15(6-8-17)13-29-21-4-2-1-3-19(21)23(25(29)32)28-27-12-16-14-33-22-11-18(30)9-10-20(22)24(16)31;1-2-3/h1-12,14,30H,13H2;3H,2H2,1H3/b27-12+,28-23-;. The van der Waals surface area contributed by atoms with Gasteiger partial charge in [0.2, 0.25) is 5.43 Å². The number of para-hydroxylation sites is 1. The van der Waals surface area contributed by atoms with Gasteiger partial charge in [0.1, 0.15) is 17.6 Å². The second-order valence-electron chi connectivity index (χ2n) is 7.74. The highest BCUT2D eigenvalue weighted by molar-refractivity contribution is 6.54. The number of fused-ring (bicyclic) bond motifs is 2. The lowest BCUT2D eigenvalue weighted by Gasteiger charge is -2.16. The number of halogens is 1. The molecule has 0 spiro atoms. The molecule has 1 aliphatic rings. The normalized spacial score (nSPS) is 13.8. The molecular formula is C27H22ClN3O5. The molecule has 1 amide bonds. The van der Waals surface area contributed by atoms with E-state index in [9.17, 15) is 14.7 Å². The first kappa shape index (κ1) is 24.8. The number of nitrogens with zero attached hydrogens (tertiary/aromatic N) is 3. The summed E-state index contributed by atoms with van der Waals surface area (Å²) >= 11 is 5.96. The molecule has 0 saturated heterocycles. The van der Waals surface area contributed by atoms with E-state index in [4.69, 9.17) is 21.1 Å². The third kappa shape index (κ3) is 5.19. The summed E-state index contributed by atoms with van der Waals surface area (Å²) in [5, 5.41) is 26.2. The number of aromatic hydroxyl groups is 1. The molecule has 0 aliphatic carbocycles. The van der Waals surface area contributed by atoms with E-state index in [1.165, 1.54) is 30.7 Å². The second-order valence-corrected chi connectivity index (χ2v) is 8.18. The van der Waals surface area contributed by atoms with Crippen molar-refractivity contribution in [2.24, 2.45) is 10.2 Å². The number of phenols is 1. The predicted octanol–water partition coefficient (Wildman–Crippen LogP) is 4.52. The maximum absolute atomic E-state index is 13.1. The minimum Gasteiger partial charge on any atom is -0.508 e. The number of hydrogen-bond donors (Lipinski definition) is 2. The first-order valence-corrected chi connectivity index (χ1v) is 11.4. The fourth-order valence-electron chi connectivity index (χ4n) is 3.66. The summed E-state index contributed by atoms with van der Waals surface area (Å²) in [6.45, 7) is 2.29. The van der Waals surface area contributed by atoms with Crippen molar-refractivity contribution in [3.8, 4) is 5.75 Å². The van der Waals surface area contributed by atoms with Gasteiger partial charge in [0, 0.05) is 23.3 Å². The van der Waals surface area contributed by atoms with E-state index in [1.807, 2.05) is 30.3 Å². The lowest BCUT2D eigenvalue weighted by Crippen LogP contribution is -2.29. The van der Waals surface area contributed by atoms with Gasteiger partial charge < -0.3 is 19.5 Å². The molecule has 5 rings (SSSR count). The van der Waals surface area contributed by atoms with Crippen molar-refractivity contribution < 1.29 is 19.4 Å². The Balaban J connectivity index is 0.000000967. The molecule has 0 bridgehead atoms. The zero-order valence-corrected chi connectivity index (χ0v) is 20.0. The van der Waals surface area contributed by atoms with Gasteiger partial charge in [-0.1, -0.05) is 41.9 Å². The van der Waals surface area contributed by atoms with Crippen LogP contribution in [0.3, 0.4) is 0 Å². The molecule has 2 heterocycles. The highest BCUT2D eigenvalue weighted by atomic mass is 35.5. The molecule has 0 radical (unpaired) electrons. The minimum absolute atomic E-state index is 0.0000302. The molecule has 36 heavy (non-hydrogen) atoms. The largest absolute Gasteiger partial charge is 0.508 e. The van der Waals surface area contributed by atoms with Crippen molar-refractivity contribution in [3.05, 3.63) is 105 Å². The number of rotatable bonds is 4. The lowest BCUT2D eigenvalue weighted by molar-refractivity contribution is -0.112. The third-order valence-corrected chi connectivity index (χ3v) is 5.54. The van der Waals surface area contributed by atoms with Crippen molar-refractivity contribution in [3.63, 3.8) is 0 Å². The van der Waals surface area contributed by atoms with Gasteiger partial charge in [0.25, 0.3) is 5.91 Å². The van der Waals surface area contributed by atoms with Crippen LogP contribution >= 0.6 is 11.6 Å². The molecule has 0 atom stereocenters. The molecule has 0 saturated carbocycles. The number of carbonyl (C=O) groups is 1. The number of benzene rings is 3. The summed E-state index contributed by atoms with van der Waals surface area (Å²) in [5.74, 6) is -0.288. The van der Waals surface area contributed by atoms with Crippen LogP contribution in [0.25, 0.3) is 11.0 Å². The summed E-state index contributed by atoms with van der Waals surface area (Å²) in [4.78, 5) is 27.4. The average molecular weight is 504 g/mol. The number of phenolic OH excluding ortho intramolecular Hbond substituents is 1. The van der Waals surface area contributed by atoms with E-state index in [0.29, 0.717) is 22.5 Å². The Kier molecular flexibility index (Phi) is 7.58. The highest BCUT2D eigenvalue weighted by Crippen LogP contribution is 2.31. The number of aliphatic hydroxyl groups is 1. The Bertz CT molecular complexity index is 1530. The Labute approximate surface area is 211 Å². The van der Waals surface area contributed by atoms with Crippen LogP contribution in [-0.2, 0) is 11.3 Å². The number of carbonyl (C=O) groups excluding carboxylic acids is 1.